The van der Waals surface area contributed by atoms with Crippen LogP contribution in [-0.4, -0.2) is 25.3 Å². The first-order chi connectivity index (χ1) is 17.3. The topological polar surface area (TPSA) is 103 Å². The van der Waals surface area contributed by atoms with Gasteiger partial charge in [0, 0.05) is 39.7 Å². The Balaban J connectivity index is 1.66. The number of benzene rings is 3. The second-order valence-electron chi connectivity index (χ2n) is 7.70. The second-order valence-corrected chi connectivity index (χ2v) is 9.79. The summed E-state index contributed by atoms with van der Waals surface area (Å²) in [5, 5.41) is 4.34. The number of pyridine rings is 1. The molecule has 0 aliphatic heterocycles. The standard InChI is InChI=1S/C25H17ClFN3O5S/c1-34-23-13-18(17-4-2-3-5-19(17)26)20(27)14-22(23)30-21-8-7-16(12-15(21)6-9-25(30)31)36(32,33)29-24-10-11-35-28-24/h2-14H,1H3,(H,28,29). The quantitative estimate of drug-likeness (QED) is 0.325. The molecule has 36 heavy (non-hydrogen) atoms. The van der Waals surface area contributed by atoms with Gasteiger partial charge in [-0.2, -0.15) is 0 Å². The van der Waals surface area contributed by atoms with E-state index in [2.05, 4.69) is 14.4 Å². The van der Waals surface area contributed by atoms with Gasteiger partial charge in [-0.15, -0.1) is 0 Å². The molecule has 5 aromatic rings. The number of aromatic nitrogens is 2. The van der Waals surface area contributed by atoms with Crippen LogP contribution in [0, 0.1) is 5.82 Å². The Morgan fingerprint density at radius 2 is 1.83 bits per heavy atom. The first-order valence-electron chi connectivity index (χ1n) is 10.5. The Morgan fingerprint density at radius 3 is 2.56 bits per heavy atom. The predicted molar refractivity (Wildman–Crippen MR) is 134 cm³/mol. The highest BCUT2D eigenvalue weighted by Crippen LogP contribution is 2.36. The van der Waals surface area contributed by atoms with Gasteiger partial charge in [0.15, 0.2) is 5.82 Å². The number of hydrogen-bond acceptors (Lipinski definition) is 6. The van der Waals surface area contributed by atoms with Crippen LogP contribution >= 0.6 is 11.6 Å². The number of hydrogen-bond donors (Lipinski definition) is 1. The van der Waals surface area contributed by atoms with E-state index in [4.69, 9.17) is 16.3 Å². The van der Waals surface area contributed by atoms with E-state index in [0.29, 0.717) is 21.5 Å². The van der Waals surface area contributed by atoms with Gasteiger partial charge in [-0.05, 0) is 36.4 Å². The molecule has 5 rings (SSSR count). The summed E-state index contributed by atoms with van der Waals surface area (Å²) in [5.41, 5.74) is 0.730. The average Bonchev–Trinajstić information content (AvgIpc) is 3.36. The molecule has 0 radical (unpaired) electrons. The van der Waals surface area contributed by atoms with Crippen molar-refractivity contribution in [3.63, 3.8) is 0 Å². The Morgan fingerprint density at radius 1 is 1.03 bits per heavy atom. The predicted octanol–water partition coefficient (Wildman–Crippen LogP) is 5.25. The second kappa shape index (κ2) is 9.14. The zero-order valence-electron chi connectivity index (χ0n) is 18.6. The third kappa shape index (κ3) is 4.21. The van der Waals surface area contributed by atoms with Crippen molar-refractivity contribution in [1.82, 2.24) is 9.72 Å². The normalized spacial score (nSPS) is 11.5. The highest BCUT2D eigenvalue weighted by Gasteiger charge is 2.20. The molecule has 0 saturated carbocycles. The molecule has 0 spiro atoms. The monoisotopic (exact) mass is 525 g/mol. The lowest BCUT2D eigenvalue weighted by molar-refractivity contribution is 0.412. The van der Waals surface area contributed by atoms with E-state index in [1.165, 1.54) is 66.5 Å². The van der Waals surface area contributed by atoms with Gasteiger partial charge in [-0.3, -0.25) is 14.1 Å². The number of anilines is 1. The number of fused-ring (bicyclic) bond motifs is 1. The molecule has 2 aromatic heterocycles. The molecule has 0 fully saturated rings. The minimum Gasteiger partial charge on any atom is -0.495 e. The molecule has 0 saturated heterocycles. The van der Waals surface area contributed by atoms with Crippen LogP contribution in [0.4, 0.5) is 10.2 Å². The molecule has 3 aromatic carbocycles. The summed E-state index contributed by atoms with van der Waals surface area (Å²) in [6.45, 7) is 0. The average molecular weight is 526 g/mol. The molecule has 0 aliphatic carbocycles. The van der Waals surface area contributed by atoms with Crippen molar-refractivity contribution in [3.8, 4) is 22.6 Å². The molecule has 0 aliphatic rings. The number of sulfonamides is 1. The highest BCUT2D eigenvalue weighted by molar-refractivity contribution is 7.92. The van der Waals surface area contributed by atoms with Gasteiger partial charge in [0.25, 0.3) is 15.6 Å². The fourth-order valence-corrected chi connectivity index (χ4v) is 5.13. The van der Waals surface area contributed by atoms with E-state index in [0.717, 1.165) is 0 Å². The third-order valence-electron chi connectivity index (χ3n) is 5.53. The van der Waals surface area contributed by atoms with E-state index in [1.54, 1.807) is 24.3 Å². The van der Waals surface area contributed by atoms with Gasteiger partial charge in [-0.25, -0.2) is 12.8 Å². The van der Waals surface area contributed by atoms with Crippen LogP contribution in [0.1, 0.15) is 0 Å². The van der Waals surface area contributed by atoms with Crippen molar-refractivity contribution in [2.24, 2.45) is 0 Å². The van der Waals surface area contributed by atoms with Gasteiger partial charge in [-0.1, -0.05) is 35.0 Å². The van der Waals surface area contributed by atoms with Crippen molar-refractivity contribution in [3.05, 3.63) is 100 Å². The Hall–Kier alpha value is -4.15. The first-order valence-corrected chi connectivity index (χ1v) is 12.4. The molecule has 0 amide bonds. The molecule has 8 nitrogen and oxygen atoms in total. The van der Waals surface area contributed by atoms with Crippen LogP contribution in [0.15, 0.2) is 93.3 Å². The molecular weight excluding hydrogens is 509 g/mol. The summed E-state index contributed by atoms with van der Waals surface area (Å²) >= 11 is 6.26. The summed E-state index contributed by atoms with van der Waals surface area (Å²) < 4.78 is 54.6. The number of nitrogens with zero attached hydrogens (tertiary/aromatic N) is 2. The lowest BCUT2D eigenvalue weighted by Crippen LogP contribution is -2.19. The molecule has 11 heteroatoms. The fraction of sp³-hybridized carbons (Fsp3) is 0.0400. The number of ether oxygens (including phenoxy) is 1. The van der Waals surface area contributed by atoms with Crippen LogP contribution in [0.3, 0.4) is 0 Å². The Labute approximate surface area is 209 Å². The van der Waals surface area contributed by atoms with E-state index in [1.807, 2.05) is 0 Å². The number of nitrogens with one attached hydrogen (secondary N) is 1. The molecule has 1 N–H and O–H groups in total. The zero-order chi connectivity index (χ0) is 25.4. The SMILES string of the molecule is COc1cc(-c2ccccc2Cl)c(F)cc1-n1c(=O)ccc2cc(S(=O)(=O)Nc3ccon3)ccc21. The molecule has 182 valence electrons. The smallest absolute Gasteiger partial charge is 0.263 e. The number of rotatable bonds is 6. The van der Waals surface area contributed by atoms with Crippen molar-refractivity contribution < 1.29 is 22.1 Å². The lowest BCUT2D eigenvalue weighted by Gasteiger charge is -2.17. The molecule has 2 heterocycles. The van der Waals surface area contributed by atoms with Crippen molar-refractivity contribution in [1.29, 1.82) is 0 Å². The van der Waals surface area contributed by atoms with Gasteiger partial charge >= 0.3 is 0 Å². The maximum atomic E-state index is 15.3. The van der Waals surface area contributed by atoms with Crippen LogP contribution in [0.5, 0.6) is 5.75 Å². The van der Waals surface area contributed by atoms with E-state index >= 15 is 4.39 Å². The number of halogens is 2. The van der Waals surface area contributed by atoms with Gasteiger partial charge in [0.1, 0.15) is 17.8 Å². The lowest BCUT2D eigenvalue weighted by atomic mass is 10.0. The summed E-state index contributed by atoms with van der Waals surface area (Å²) in [6, 6.07) is 17.8. The highest BCUT2D eigenvalue weighted by atomic mass is 35.5. The van der Waals surface area contributed by atoms with Crippen molar-refractivity contribution in [2.75, 3.05) is 11.8 Å². The summed E-state index contributed by atoms with van der Waals surface area (Å²) in [4.78, 5) is 12.9. The van der Waals surface area contributed by atoms with Crippen molar-refractivity contribution in [2.45, 2.75) is 4.90 Å². The molecule has 0 atom stereocenters. The number of methoxy groups -OCH3 is 1. The van der Waals surface area contributed by atoms with E-state index < -0.39 is 21.4 Å². The first kappa shape index (κ1) is 23.6. The maximum absolute atomic E-state index is 15.3. The van der Waals surface area contributed by atoms with Gasteiger partial charge < -0.3 is 9.26 Å². The fourth-order valence-electron chi connectivity index (χ4n) is 3.87. The summed E-state index contributed by atoms with van der Waals surface area (Å²) in [7, 11) is -2.57. The molecule has 0 bridgehead atoms. The van der Waals surface area contributed by atoms with E-state index in [9.17, 15) is 13.2 Å². The largest absolute Gasteiger partial charge is 0.495 e. The minimum atomic E-state index is -3.98. The Bertz CT molecular complexity index is 1770. The minimum absolute atomic E-state index is 0.0267. The third-order valence-corrected chi connectivity index (χ3v) is 7.21. The van der Waals surface area contributed by atoms with Crippen LogP contribution in [0.2, 0.25) is 5.02 Å². The van der Waals surface area contributed by atoms with Gasteiger partial charge in [0.05, 0.1) is 23.2 Å². The zero-order valence-corrected chi connectivity index (χ0v) is 20.2. The van der Waals surface area contributed by atoms with E-state index in [-0.39, 0.29) is 27.7 Å². The summed E-state index contributed by atoms with van der Waals surface area (Å²) in [6.07, 6.45) is 1.24. The molecule has 0 unspecified atom stereocenters. The van der Waals surface area contributed by atoms with Gasteiger partial charge in [0.2, 0.25) is 0 Å². The van der Waals surface area contributed by atoms with Crippen LogP contribution < -0.4 is 15.0 Å². The van der Waals surface area contributed by atoms with Crippen LogP contribution in [0.25, 0.3) is 27.7 Å². The van der Waals surface area contributed by atoms with Crippen molar-refractivity contribution >= 4 is 38.3 Å². The Kier molecular flexibility index (Phi) is 5.99. The summed E-state index contributed by atoms with van der Waals surface area (Å²) in [5.74, 6) is -0.358. The van der Waals surface area contributed by atoms with Crippen LogP contribution in [-0.2, 0) is 10.0 Å². The maximum Gasteiger partial charge on any atom is 0.263 e. The molecular formula is C25H17ClFN3O5S.